The molecule has 7 heteroatoms. The molecular weight excluding hydrogens is 326 g/mol. The maximum Gasteiger partial charge on any atom is 0.213 e. The lowest BCUT2D eigenvalue weighted by Gasteiger charge is -2.28. The second-order valence-corrected chi connectivity index (χ2v) is 8.33. The minimum atomic E-state index is -3.31. The van der Waals surface area contributed by atoms with Crippen molar-refractivity contribution in [3.8, 4) is 0 Å². The highest BCUT2D eigenvalue weighted by molar-refractivity contribution is 7.89. The third-order valence-electron chi connectivity index (χ3n) is 4.43. The van der Waals surface area contributed by atoms with E-state index in [4.69, 9.17) is 4.74 Å². The molecule has 136 valence electrons. The van der Waals surface area contributed by atoms with E-state index in [9.17, 15) is 8.42 Å². The lowest BCUT2D eigenvalue weighted by atomic mass is 10.1. The molecule has 1 aromatic carbocycles. The Balaban J connectivity index is 2.10. The molecule has 0 radical (unpaired) electrons. The number of sulfonamides is 1. The summed E-state index contributed by atoms with van der Waals surface area (Å²) in [5, 5.41) is 0. The maximum absolute atomic E-state index is 12.1. The van der Waals surface area contributed by atoms with Crippen LogP contribution in [0.5, 0.6) is 0 Å². The van der Waals surface area contributed by atoms with Gasteiger partial charge in [0.1, 0.15) is 0 Å². The predicted molar refractivity (Wildman–Crippen MR) is 98.0 cm³/mol. The number of rotatable bonds is 9. The monoisotopic (exact) mass is 355 g/mol. The number of hydrogen-bond donors (Lipinski definition) is 1. The Morgan fingerprint density at radius 3 is 2.38 bits per heavy atom. The Morgan fingerprint density at radius 2 is 1.83 bits per heavy atom. The first-order valence-corrected chi connectivity index (χ1v) is 10.1. The minimum absolute atomic E-state index is 0.00418. The summed E-state index contributed by atoms with van der Waals surface area (Å²) in [5.41, 5.74) is 2.29. The van der Waals surface area contributed by atoms with Crippen molar-refractivity contribution in [2.24, 2.45) is 0 Å². The Hall–Kier alpha value is -1.15. The molecule has 1 aliphatic rings. The van der Waals surface area contributed by atoms with Crippen molar-refractivity contribution >= 4 is 15.7 Å². The largest absolute Gasteiger partial charge is 0.384 e. The van der Waals surface area contributed by atoms with Gasteiger partial charge in [0.2, 0.25) is 10.0 Å². The topological polar surface area (TPSA) is 61.9 Å². The van der Waals surface area contributed by atoms with Gasteiger partial charge in [-0.2, -0.15) is 0 Å². The van der Waals surface area contributed by atoms with E-state index in [1.165, 1.54) is 20.0 Å². The molecule has 1 atom stereocenters. The molecule has 0 saturated carbocycles. The van der Waals surface area contributed by atoms with E-state index in [0.29, 0.717) is 6.54 Å². The Morgan fingerprint density at radius 1 is 1.21 bits per heavy atom. The molecule has 24 heavy (non-hydrogen) atoms. The molecule has 0 aromatic heterocycles. The number of methoxy groups -OCH3 is 1. The second-order valence-electron chi connectivity index (χ2n) is 6.40. The lowest BCUT2D eigenvalue weighted by Crippen LogP contribution is -2.38. The summed E-state index contributed by atoms with van der Waals surface area (Å²) in [6.07, 6.45) is 2.34. The maximum atomic E-state index is 12.1. The van der Waals surface area contributed by atoms with Crippen molar-refractivity contribution in [1.82, 2.24) is 9.62 Å². The highest BCUT2D eigenvalue weighted by Crippen LogP contribution is 2.26. The summed E-state index contributed by atoms with van der Waals surface area (Å²) in [6.45, 7) is 2.63. The highest BCUT2D eigenvalue weighted by atomic mass is 32.2. The summed E-state index contributed by atoms with van der Waals surface area (Å²) in [6, 6.07) is 8.43. The van der Waals surface area contributed by atoms with Crippen LogP contribution >= 0.6 is 0 Å². The van der Waals surface area contributed by atoms with Gasteiger partial charge in [-0.25, -0.2) is 13.1 Å². The molecule has 1 aliphatic heterocycles. The van der Waals surface area contributed by atoms with E-state index in [-0.39, 0.29) is 18.4 Å². The summed E-state index contributed by atoms with van der Waals surface area (Å²) in [4.78, 5) is 4.42. The van der Waals surface area contributed by atoms with Crippen molar-refractivity contribution < 1.29 is 13.2 Å². The van der Waals surface area contributed by atoms with Gasteiger partial charge in [0.15, 0.2) is 0 Å². The molecule has 0 bridgehead atoms. The van der Waals surface area contributed by atoms with Gasteiger partial charge >= 0.3 is 0 Å². The van der Waals surface area contributed by atoms with Gasteiger partial charge in [0.05, 0.1) is 12.4 Å². The van der Waals surface area contributed by atoms with E-state index in [1.807, 2.05) is 14.1 Å². The number of nitrogens with zero attached hydrogens (tertiary/aromatic N) is 2. The molecule has 1 N–H and O–H groups in total. The zero-order valence-electron chi connectivity index (χ0n) is 14.9. The molecule has 6 nitrogen and oxygen atoms in total. The van der Waals surface area contributed by atoms with Gasteiger partial charge in [-0.1, -0.05) is 12.1 Å². The van der Waals surface area contributed by atoms with Crippen molar-refractivity contribution in [2.75, 3.05) is 58.1 Å². The molecule has 1 saturated heterocycles. The van der Waals surface area contributed by atoms with Gasteiger partial charge < -0.3 is 9.64 Å². The van der Waals surface area contributed by atoms with Gasteiger partial charge in [-0.15, -0.1) is 0 Å². The predicted octanol–water partition coefficient (Wildman–Crippen LogP) is 1.46. The van der Waals surface area contributed by atoms with Crippen LogP contribution in [0.3, 0.4) is 0 Å². The van der Waals surface area contributed by atoms with Crippen molar-refractivity contribution in [3.05, 3.63) is 29.8 Å². The molecule has 0 spiro atoms. The Kier molecular flexibility index (Phi) is 7.03. The van der Waals surface area contributed by atoms with Crippen LogP contribution in [0, 0.1) is 0 Å². The number of ether oxygens (including phenoxy) is 1. The summed E-state index contributed by atoms with van der Waals surface area (Å²) >= 11 is 0. The fourth-order valence-corrected chi connectivity index (χ4v) is 3.92. The van der Waals surface area contributed by atoms with Crippen molar-refractivity contribution in [2.45, 2.75) is 18.9 Å². The van der Waals surface area contributed by atoms with E-state index >= 15 is 0 Å². The van der Waals surface area contributed by atoms with Crippen LogP contribution < -0.4 is 9.62 Å². The molecule has 1 heterocycles. The van der Waals surface area contributed by atoms with E-state index < -0.39 is 10.0 Å². The third-order valence-corrected chi connectivity index (χ3v) is 5.74. The van der Waals surface area contributed by atoms with Crippen LogP contribution in [0.2, 0.25) is 0 Å². The van der Waals surface area contributed by atoms with Crippen LogP contribution in [-0.2, 0) is 14.8 Å². The van der Waals surface area contributed by atoms with E-state index in [2.05, 4.69) is 38.8 Å². The highest BCUT2D eigenvalue weighted by Gasteiger charge is 2.25. The first-order valence-electron chi connectivity index (χ1n) is 8.40. The lowest BCUT2D eigenvalue weighted by molar-refractivity contribution is 0.216. The minimum Gasteiger partial charge on any atom is -0.384 e. The van der Waals surface area contributed by atoms with Gasteiger partial charge in [-0.3, -0.25) is 4.90 Å². The second kappa shape index (κ2) is 8.80. The zero-order chi connectivity index (χ0) is 17.6. The molecule has 0 unspecified atom stereocenters. The third kappa shape index (κ3) is 5.44. The molecule has 1 fully saturated rings. The van der Waals surface area contributed by atoms with Crippen LogP contribution in [0.1, 0.15) is 24.4 Å². The summed E-state index contributed by atoms with van der Waals surface area (Å²) < 4.78 is 31.8. The average molecular weight is 356 g/mol. The SMILES string of the molecule is COCCS(=O)(=O)NC[C@H](c1ccc(N(C)C)cc1)N1CCCC1. The molecule has 1 aromatic rings. The Labute approximate surface area is 145 Å². The quantitative estimate of drug-likeness (QED) is 0.727. The Bertz CT molecular complexity index is 596. The molecular formula is C17H29N3O3S. The summed E-state index contributed by atoms with van der Waals surface area (Å²) in [7, 11) is 2.22. The zero-order valence-corrected chi connectivity index (χ0v) is 15.7. The first-order chi connectivity index (χ1) is 11.4. The van der Waals surface area contributed by atoms with Gasteiger partial charge in [0, 0.05) is 39.5 Å². The fraction of sp³-hybridized carbons (Fsp3) is 0.647. The number of nitrogens with one attached hydrogen (secondary N) is 1. The standard InChI is InChI=1S/C17H29N3O3S/c1-19(2)16-8-6-15(7-9-16)17(20-10-4-5-11-20)14-18-24(21,22)13-12-23-3/h6-9,17-18H,4-5,10-14H2,1-3H3/t17-/m1/s1. The van der Waals surface area contributed by atoms with E-state index in [0.717, 1.165) is 24.3 Å². The fourth-order valence-electron chi connectivity index (χ4n) is 2.98. The first kappa shape index (κ1) is 19.2. The summed E-state index contributed by atoms with van der Waals surface area (Å²) in [5.74, 6) is -0.00418. The van der Waals surface area contributed by atoms with Crippen molar-refractivity contribution in [3.63, 3.8) is 0 Å². The normalized spacial score (nSPS) is 17.1. The number of anilines is 1. The number of likely N-dealkylation sites (tertiary alicyclic amines) is 1. The molecule has 0 amide bonds. The van der Waals surface area contributed by atoms with Crippen LogP contribution in [0.4, 0.5) is 5.69 Å². The molecule has 2 rings (SSSR count). The van der Waals surface area contributed by atoms with Crippen molar-refractivity contribution in [1.29, 1.82) is 0 Å². The number of benzene rings is 1. The van der Waals surface area contributed by atoms with E-state index in [1.54, 1.807) is 0 Å². The average Bonchev–Trinajstić information content (AvgIpc) is 3.08. The molecule has 0 aliphatic carbocycles. The van der Waals surface area contributed by atoms with Crippen LogP contribution in [0.15, 0.2) is 24.3 Å². The van der Waals surface area contributed by atoms with Crippen LogP contribution in [-0.4, -0.2) is 66.5 Å². The van der Waals surface area contributed by atoms with Crippen LogP contribution in [0.25, 0.3) is 0 Å². The van der Waals surface area contributed by atoms with Gasteiger partial charge in [-0.05, 0) is 43.6 Å². The smallest absolute Gasteiger partial charge is 0.213 e. The number of hydrogen-bond acceptors (Lipinski definition) is 5. The van der Waals surface area contributed by atoms with Gasteiger partial charge in [0.25, 0.3) is 0 Å².